The lowest BCUT2D eigenvalue weighted by Crippen LogP contribution is -2.24. The summed E-state index contributed by atoms with van der Waals surface area (Å²) in [7, 11) is 1.25. The molecule has 0 heterocycles. The Kier molecular flexibility index (Phi) is 7.00. The van der Waals surface area contributed by atoms with E-state index in [1.165, 1.54) is 7.11 Å². The van der Waals surface area contributed by atoms with Gasteiger partial charge < -0.3 is 10.1 Å². The molecule has 1 unspecified atom stereocenters. The molecule has 0 saturated heterocycles. The number of esters is 1. The predicted octanol–water partition coefficient (Wildman–Crippen LogP) is 3.57. The lowest BCUT2D eigenvalue weighted by atomic mass is 10.0. The first-order valence-electron chi connectivity index (χ1n) is 10.2. The van der Waals surface area contributed by atoms with Crippen LogP contribution in [0.2, 0.25) is 0 Å². The van der Waals surface area contributed by atoms with Gasteiger partial charge in [-0.15, -0.1) is 0 Å². The van der Waals surface area contributed by atoms with Crippen LogP contribution in [0.15, 0.2) is 24.3 Å². The van der Waals surface area contributed by atoms with Crippen molar-refractivity contribution >= 4 is 28.7 Å². The molecule has 0 aromatic heterocycles. The Morgan fingerprint density at radius 2 is 1.34 bits per heavy atom. The first-order valence-corrected chi connectivity index (χ1v) is 10.2. The number of benzene rings is 2. The average molecular weight is 489 g/mol. The molecule has 184 valence electrons. The standard InChI is InChI=1S/C20H19N5O10/c1-10(5-17(26)35-2)3-4-21-20-13-6-11(22(27)28)8-15(24(31)32)18(13)19-14(20)7-12(23(29)30)9-16(19)25(33)34/h6-10,20-21H,3-5H2,1-2H3. The fourth-order valence-electron chi connectivity index (χ4n) is 4.10. The largest absolute Gasteiger partial charge is 0.469 e. The van der Waals surface area contributed by atoms with Crippen LogP contribution in [0.4, 0.5) is 22.7 Å². The SMILES string of the molecule is COC(=O)CC(C)CCNC1c2cc([N+](=O)[O-])cc([N+](=O)[O-])c2-c2c1cc([N+](=O)[O-])cc2[N+](=O)[O-]. The molecule has 1 N–H and O–H groups in total. The number of fused-ring (bicyclic) bond motifs is 3. The highest BCUT2D eigenvalue weighted by molar-refractivity contribution is 5.92. The van der Waals surface area contributed by atoms with Crippen molar-refractivity contribution in [3.8, 4) is 11.1 Å². The van der Waals surface area contributed by atoms with Gasteiger partial charge in [-0.05, 0) is 30.0 Å². The van der Waals surface area contributed by atoms with Crippen LogP contribution in [0.25, 0.3) is 11.1 Å². The zero-order chi connectivity index (χ0) is 26.0. The van der Waals surface area contributed by atoms with Gasteiger partial charge in [0, 0.05) is 18.6 Å². The van der Waals surface area contributed by atoms with Gasteiger partial charge in [0.15, 0.2) is 0 Å². The van der Waals surface area contributed by atoms with Crippen LogP contribution in [0.1, 0.15) is 36.9 Å². The topological polar surface area (TPSA) is 211 Å². The van der Waals surface area contributed by atoms with E-state index in [1.807, 2.05) is 0 Å². The molecule has 0 amide bonds. The van der Waals surface area contributed by atoms with Crippen LogP contribution >= 0.6 is 0 Å². The average Bonchev–Trinajstić information content (AvgIpc) is 3.10. The van der Waals surface area contributed by atoms with E-state index in [0.29, 0.717) is 18.6 Å². The number of nitro groups is 4. The van der Waals surface area contributed by atoms with Gasteiger partial charge in [-0.25, -0.2) is 0 Å². The number of nitrogens with zero attached hydrogens (tertiary/aromatic N) is 4. The predicted molar refractivity (Wildman–Crippen MR) is 119 cm³/mol. The van der Waals surface area contributed by atoms with Gasteiger partial charge in [-0.2, -0.15) is 0 Å². The van der Waals surface area contributed by atoms with E-state index >= 15 is 0 Å². The van der Waals surface area contributed by atoms with Crippen molar-refractivity contribution in [2.24, 2.45) is 5.92 Å². The molecule has 0 aliphatic heterocycles. The van der Waals surface area contributed by atoms with Crippen LogP contribution in [0.3, 0.4) is 0 Å². The number of nitro benzene ring substituents is 4. The van der Waals surface area contributed by atoms with Gasteiger partial charge >= 0.3 is 5.97 Å². The third-order valence-electron chi connectivity index (χ3n) is 5.68. The highest BCUT2D eigenvalue weighted by Gasteiger charge is 2.42. The summed E-state index contributed by atoms with van der Waals surface area (Å²) in [6, 6.07) is 2.49. The minimum atomic E-state index is -1.04. The molecule has 0 spiro atoms. The van der Waals surface area contributed by atoms with Crippen LogP contribution < -0.4 is 5.32 Å². The fraction of sp³-hybridized carbons (Fsp3) is 0.350. The molecule has 35 heavy (non-hydrogen) atoms. The molecular formula is C20H19N5O10. The number of nitrogens with one attached hydrogen (secondary N) is 1. The summed E-state index contributed by atoms with van der Waals surface area (Å²) in [5.41, 5.74) is -3.05. The number of hydrogen-bond acceptors (Lipinski definition) is 11. The lowest BCUT2D eigenvalue weighted by Gasteiger charge is -2.17. The van der Waals surface area contributed by atoms with Crippen LogP contribution in [0, 0.1) is 46.4 Å². The number of rotatable bonds is 10. The molecule has 1 aliphatic carbocycles. The van der Waals surface area contributed by atoms with Crippen molar-refractivity contribution < 1.29 is 29.2 Å². The molecule has 0 saturated carbocycles. The summed E-state index contributed by atoms with van der Waals surface area (Å²) in [6.07, 6.45) is 0.522. The van der Waals surface area contributed by atoms with Crippen LogP contribution in [-0.4, -0.2) is 39.3 Å². The van der Waals surface area contributed by atoms with E-state index in [0.717, 1.165) is 12.1 Å². The molecule has 15 nitrogen and oxygen atoms in total. The smallest absolute Gasteiger partial charge is 0.305 e. The van der Waals surface area contributed by atoms with Gasteiger partial charge in [0.25, 0.3) is 22.7 Å². The molecule has 0 bridgehead atoms. The third kappa shape index (κ3) is 4.89. The minimum absolute atomic E-state index is 0.0186. The molecule has 1 atom stereocenters. The Balaban J connectivity index is 2.18. The summed E-state index contributed by atoms with van der Waals surface area (Å²) in [4.78, 5) is 54.5. The Morgan fingerprint density at radius 1 is 0.886 bits per heavy atom. The highest BCUT2D eigenvalue weighted by Crippen LogP contribution is 2.53. The van der Waals surface area contributed by atoms with E-state index in [4.69, 9.17) is 0 Å². The first kappa shape index (κ1) is 25.1. The fourth-order valence-corrected chi connectivity index (χ4v) is 4.10. The number of hydrogen-bond donors (Lipinski definition) is 1. The van der Waals surface area contributed by atoms with E-state index < -0.39 is 54.5 Å². The second kappa shape index (κ2) is 9.76. The molecular weight excluding hydrogens is 470 g/mol. The van der Waals surface area contributed by atoms with Crippen molar-refractivity contribution in [2.75, 3.05) is 13.7 Å². The van der Waals surface area contributed by atoms with Crippen LogP contribution in [-0.2, 0) is 9.53 Å². The Hall–Kier alpha value is -4.53. The zero-order valence-corrected chi connectivity index (χ0v) is 18.5. The van der Waals surface area contributed by atoms with E-state index in [9.17, 15) is 45.3 Å². The quantitative estimate of drug-likeness (QED) is 0.289. The maximum Gasteiger partial charge on any atom is 0.305 e. The Morgan fingerprint density at radius 3 is 1.71 bits per heavy atom. The maximum absolute atomic E-state index is 11.8. The van der Waals surface area contributed by atoms with Crippen molar-refractivity contribution in [2.45, 2.75) is 25.8 Å². The lowest BCUT2D eigenvalue weighted by molar-refractivity contribution is -0.395. The van der Waals surface area contributed by atoms with E-state index in [1.54, 1.807) is 6.92 Å². The minimum Gasteiger partial charge on any atom is -0.469 e. The second-order valence-corrected chi connectivity index (χ2v) is 7.95. The highest BCUT2D eigenvalue weighted by atomic mass is 16.6. The molecule has 0 fully saturated rings. The van der Waals surface area contributed by atoms with Crippen LogP contribution in [0.5, 0.6) is 0 Å². The normalized spacial score (nSPS) is 13.0. The number of non-ortho nitro benzene ring substituents is 2. The van der Waals surface area contributed by atoms with Crippen molar-refractivity contribution in [3.63, 3.8) is 0 Å². The summed E-state index contributed by atoms with van der Waals surface area (Å²) in [6.45, 7) is 1.97. The summed E-state index contributed by atoms with van der Waals surface area (Å²) in [5.74, 6) is -0.569. The Bertz CT molecular complexity index is 1180. The van der Waals surface area contributed by atoms with Gasteiger partial charge in [-0.3, -0.25) is 45.3 Å². The zero-order valence-electron chi connectivity index (χ0n) is 18.5. The molecule has 1 aliphatic rings. The van der Waals surface area contributed by atoms with Gasteiger partial charge in [0.2, 0.25) is 0 Å². The number of carbonyl (C=O) groups is 1. The summed E-state index contributed by atoms with van der Waals surface area (Å²) < 4.78 is 4.62. The van der Waals surface area contributed by atoms with E-state index in [2.05, 4.69) is 10.1 Å². The second-order valence-electron chi connectivity index (χ2n) is 7.95. The third-order valence-corrected chi connectivity index (χ3v) is 5.68. The summed E-state index contributed by atoms with van der Waals surface area (Å²) in [5, 5.41) is 49.5. The molecule has 3 rings (SSSR count). The number of carbonyl (C=O) groups excluding carboxylic acids is 1. The van der Waals surface area contributed by atoms with Crippen molar-refractivity contribution in [3.05, 3.63) is 75.8 Å². The van der Waals surface area contributed by atoms with Gasteiger partial charge in [0.1, 0.15) is 0 Å². The van der Waals surface area contributed by atoms with Gasteiger partial charge in [-0.1, -0.05) is 6.92 Å². The maximum atomic E-state index is 11.8. The van der Waals surface area contributed by atoms with E-state index in [-0.39, 0.29) is 41.1 Å². The van der Waals surface area contributed by atoms with Crippen molar-refractivity contribution in [1.82, 2.24) is 5.32 Å². The summed E-state index contributed by atoms with van der Waals surface area (Å²) >= 11 is 0. The first-order chi connectivity index (χ1) is 16.5. The molecule has 0 radical (unpaired) electrons. The van der Waals surface area contributed by atoms with Crippen molar-refractivity contribution in [1.29, 1.82) is 0 Å². The molecule has 2 aromatic rings. The number of methoxy groups -OCH3 is 1. The monoisotopic (exact) mass is 489 g/mol. The van der Waals surface area contributed by atoms with Gasteiger partial charge in [0.05, 0.1) is 56.1 Å². The molecule has 15 heteroatoms. The number of ether oxygens (including phenoxy) is 1. The Labute approximate surface area is 196 Å². The molecule has 2 aromatic carbocycles.